The zero-order valence-corrected chi connectivity index (χ0v) is 19.6. The molecule has 2 amide bonds. The lowest BCUT2D eigenvalue weighted by Crippen LogP contribution is -2.22. The van der Waals surface area contributed by atoms with Crippen molar-refractivity contribution >= 4 is 34.8 Å². The monoisotopic (exact) mass is 479 g/mol. The predicted octanol–water partition coefficient (Wildman–Crippen LogP) is 4.88. The lowest BCUT2D eigenvalue weighted by molar-refractivity contribution is 0.0996. The molecule has 7 nitrogen and oxygen atoms in total. The van der Waals surface area contributed by atoms with Crippen LogP contribution < -0.4 is 25.4 Å². The standard InChI is InChI=1S/C26H26ClN3O4/c1-33-24-15-19(7-11-23(24)34-16-17-4-8-20(27)9-5-17)26(32)29-21-14-18(25(28)31)6-10-22(21)30-12-2-3-13-30/h4-11,14-15H,2-3,12-13,16H2,1H3,(H2,28,31)(H,29,32). The number of nitrogens with one attached hydrogen (secondary N) is 1. The van der Waals surface area contributed by atoms with E-state index in [1.165, 1.54) is 7.11 Å². The number of hydrogen-bond donors (Lipinski definition) is 2. The Balaban J connectivity index is 1.53. The maximum Gasteiger partial charge on any atom is 0.255 e. The number of halogens is 1. The molecule has 34 heavy (non-hydrogen) atoms. The summed E-state index contributed by atoms with van der Waals surface area (Å²) in [7, 11) is 1.52. The zero-order valence-electron chi connectivity index (χ0n) is 18.8. The van der Waals surface area contributed by atoms with E-state index in [4.69, 9.17) is 26.8 Å². The number of nitrogens with zero attached hydrogens (tertiary/aromatic N) is 1. The number of benzene rings is 3. The number of hydrogen-bond acceptors (Lipinski definition) is 5. The molecule has 1 saturated heterocycles. The number of ether oxygens (including phenoxy) is 2. The summed E-state index contributed by atoms with van der Waals surface area (Å²) < 4.78 is 11.3. The van der Waals surface area contributed by atoms with Crippen LogP contribution in [0.15, 0.2) is 60.7 Å². The highest BCUT2D eigenvalue weighted by Gasteiger charge is 2.19. The highest BCUT2D eigenvalue weighted by molar-refractivity contribution is 6.30. The van der Waals surface area contributed by atoms with E-state index in [1.807, 2.05) is 18.2 Å². The summed E-state index contributed by atoms with van der Waals surface area (Å²) in [5, 5.41) is 3.59. The molecule has 1 aliphatic rings. The van der Waals surface area contributed by atoms with Crippen molar-refractivity contribution in [2.45, 2.75) is 19.4 Å². The first-order valence-electron chi connectivity index (χ1n) is 11.0. The minimum atomic E-state index is -0.549. The summed E-state index contributed by atoms with van der Waals surface area (Å²) in [6.45, 7) is 2.12. The largest absolute Gasteiger partial charge is 0.493 e. The lowest BCUT2D eigenvalue weighted by Gasteiger charge is -2.22. The van der Waals surface area contributed by atoms with E-state index in [0.29, 0.717) is 39.9 Å². The van der Waals surface area contributed by atoms with Gasteiger partial charge in [-0.25, -0.2) is 0 Å². The van der Waals surface area contributed by atoms with E-state index in [2.05, 4.69) is 10.2 Å². The maximum absolute atomic E-state index is 13.1. The Kier molecular flexibility index (Phi) is 7.23. The fourth-order valence-electron chi connectivity index (χ4n) is 3.89. The van der Waals surface area contributed by atoms with Gasteiger partial charge in [0.25, 0.3) is 5.91 Å². The molecule has 0 aliphatic carbocycles. The Morgan fingerprint density at radius 2 is 1.68 bits per heavy atom. The summed E-state index contributed by atoms with van der Waals surface area (Å²) >= 11 is 5.93. The second-order valence-corrected chi connectivity index (χ2v) is 8.46. The first-order valence-corrected chi connectivity index (χ1v) is 11.4. The molecule has 3 N–H and O–H groups in total. The van der Waals surface area contributed by atoms with Crippen LogP contribution in [0.1, 0.15) is 39.1 Å². The van der Waals surface area contributed by atoms with Gasteiger partial charge in [0.2, 0.25) is 5.91 Å². The van der Waals surface area contributed by atoms with Gasteiger partial charge in [-0.2, -0.15) is 0 Å². The number of amides is 2. The van der Waals surface area contributed by atoms with Crippen molar-refractivity contribution in [1.29, 1.82) is 0 Å². The topological polar surface area (TPSA) is 93.9 Å². The first-order chi connectivity index (χ1) is 16.4. The second kappa shape index (κ2) is 10.5. The Bertz CT molecular complexity index is 1190. The molecule has 0 spiro atoms. The van der Waals surface area contributed by atoms with Gasteiger partial charge in [0.05, 0.1) is 18.5 Å². The van der Waals surface area contributed by atoms with E-state index in [1.54, 1.807) is 42.5 Å². The van der Waals surface area contributed by atoms with Crippen molar-refractivity contribution in [2.24, 2.45) is 5.73 Å². The number of carbonyl (C=O) groups excluding carboxylic acids is 2. The molecule has 3 aromatic rings. The molecular formula is C26H26ClN3O4. The lowest BCUT2D eigenvalue weighted by atomic mass is 10.1. The summed E-state index contributed by atoms with van der Waals surface area (Å²) in [5.74, 6) is 0.0756. The maximum atomic E-state index is 13.1. The van der Waals surface area contributed by atoms with E-state index < -0.39 is 5.91 Å². The minimum Gasteiger partial charge on any atom is -0.493 e. The van der Waals surface area contributed by atoms with Crippen molar-refractivity contribution in [1.82, 2.24) is 0 Å². The smallest absolute Gasteiger partial charge is 0.255 e. The average molecular weight is 480 g/mol. The highest BCUT2D eigenvalue weighted by Crippen LogP contribution is 2.32. The van der Waals surface area contributed by atoms with E-state index in [0.717, 1.165) is 37.2 Å². The zero-order chi connectivity index (χ0) is 24.1. The van der Waals surface area contributed by atoms with Gasteiger partial charge in [-0.1, -0.05) is 23.7 Å². The number of nitrogens with two attached hydrogens (primary N) is 1. The van der Waals surface area contributed by atoms with Gasteiger partial charge in [0, 0.05) is 29.2 Å². The van der Waals surface area contributed by atoms with Crippen molar-refractivity contribution in [3.05, 3.63) is 82.4 Å². The van der Waals surface area contributed by atoms with Gasteiger partial charge in [0.1, 0.15) is 6.61 Å². The SMILES string of the molecule is COc1cc(C(=O)Nc2cc(C(N)=O)ccc2N2CCCC2)ccc1OCc1ccc(Cl)cc1. The van der Waals surface area contributed by atoms with Crippen LogP contribution in [0, 0.1) is 0 Å². The van der Waals surface area contributed by atoms with Crippen LogP contribution in [-0.2, 0) is 6.61 Å². The summed E-state index contributed by atoms with van der Waals surface area (Å²) in [6.07, 6.45) is 2.17. The first kappa shape index (κ1) is 23.4. The molecule has 3 aromatic carbocycles. The number of methoxy groups -OCH3 is 1. The van der Waals surface area contributed by atoms with Gasteiger partial charge in [-0.3, -0.25) is 9.59 Å². The third-order valence-electron chi connectivity index (χ3n) is 5.71. The third kappa shape index (κ3) is 5.43. The average Bonchev–Trinajstić information content (AvgIpc) is 3.38. The summed E-state index contributed by atoms with van der Waals surface area (Å²) in [5.41, 5.74) is 8.56. The normalized spacial score (nSPS) is 12.9. The van der Waals surface area contributed by atoms with Crippen LogP contribution >= 0.6 is 11.6 Å². The van der Waals surface area contributed by atoms with Crippen LogP contribution in [0.2, 0.25) is 5.02 Å². The quantitative estimate of drug-likeness (QED) is 0.480. The molecule has 0 bridgehead atoms. The van der Waals surface area contributed by atoms with Crippen LogP contribution in [0.25, 0.3) is 0 Å². The van der Waals surface area contributed by atoms with Crippen LogP contribution in [0.5, 0.6) is 11.5 Å². The van der Waals surface area contributed by atoms with Crippen molar-refractivity contribution < 1.29 is 19.1 Å². The molecule has 0 aromatic heterocycles. The van der Waals surface area contributed by atoms with Gasteiger partial charge >= 0.3 is 0 Å². The fraction of sp³-hybridized carbons (Fsp3) is 0.231. The fourth-order valence-corrected chi connectivity index (χ4v) is 4.01. The van der Waals surface area contributed by atoms with Crippen LogP contribution in [0.3, 0.4) is 0 Å². The van der Waals surface area contributed by atoms with E-state index in [9.17, 15) is 9.59 Å². The Morgan fingerprint density at radius 3 is 2.35 bits per heavy atom. The van der Waals surface area contributed by atoms with E-state index >= 15 is 0 Å². The Labute approximate surface area is 203 Å². The van der Waals surface area contributed by atoms with Gasteiger partial charge in [-0.15, -0.1) is 0 Å². The van der Waals surface area contributed by atoms with Crippen molar-refractivity contribution in [2.75, 3.05) is 30.4 Å². The number of rotatable bonds is 8. The van der Waals surface area contributed by atoms with Crippen molar-refractivity contribution in [3.63, 3.8) is 0 Å². The molecule has 0 atom stereocenters. The van der Waals surface area contributed by atoms with Crippen molar-refractivity contribution in [3.8, 4) is 11.5 Å². The highest BCUT2D eigenvalue weighted by atomic mass is 35.5. The van der Waals surface area contributed by atoms with Gasteiger partial charge < -0.3 is 25.4 Å². The minimum absolute atomic E-state index is 0.329. The molecule has 4 rings (SSSR count). The number of anilines is 2. The molecule has 0 saturated carbocycles. The molecule has 1 fully saturated rings. The Hall–Kier alpha value is -3.71. The van der Waals surface area contributed by atoms with Crippen LogP contribution in [0.4, 0.5) is 11.4 Å². The molecule has 176 valence electrons. The summed E-state index contributed by atoms with van der Waals surface area (Å²) in [6, 6.07) is 17.5. The van der Waals surface area contributed by atoms with Crippen LogP contribution in [-0.4, -0.2) is 32.0 Å². The molecule has 0 radical (unpaired) electrons. The Morgan fingerprint density at radius 1 is 0.971 bits per heavy atom. The third-order valence-corrected chi connectivity index (χ3v) is 5.96. The molecular weight excluding hydrogens is 454 g/mol. The summed E-state index contributed by atoms with van der Waals surface area (Å²) in [4.78, 5) is 27.0. The number of primary amides is 1. The number of carbonyl (C=O) groups is 2. The molecule has 0 unspecified atom stereocenters. The molecule has 8 heteroatoms. The van der Waals surface area contributed by atoms with Gasteiger partial charge in [0.15, 0.2) is 11.5 Å². The predicted molar refractivity (Wildman–Crippen MR) is 133 cm³/mol. The van der Waals surface area contributed by atoms with E-state index in [-0.39, 0.29) is 5.91 Å². The molecule has 1 aliphatic heterocycles. The second-order valence-electron chi connectivity index (χ2n) is 8.03. The van der Waals surface area contributed by atoms with Gasteiger partial charge in [-0.05, 0) is 66.9 Å². The molecule has 1 heterocycles.